The van der Waals surface area contributed by atoms with Crippen molar-refractivity contribution in [2.45, 2.75) is 64.5 Å². The van der Waals surface area contributed by atoms with Gasteiger partial charge in [-0.3, -0.25) is 0 Å². The number of aliphatic hydroxyl groups is 1. The largest absolute Gasteiger partial charge is 0.634 e. The fourth-order valence-electron chi connectivity index (χ4n) is 3.35. The van der Waals surface area contributed by atoms with Gasteiger partial charge in [0.15, 0.2) is 0 Å². The lowest BCUT2D eigenvalue weighted by Crippen LogP contribution is -2.90. The van der Waals surface area contributed by atoms with E-state index in [1.807, 2.05) is 6.08 Å². The van der Waals surface area contributed by atoms with Crippen LogP contribution in [0.15, 0.2) is 12.2 Å². The van der Waals surface area contributed by atoms with Gasteiger partial charge in [-0.25, -0.2) is 0 Å². The number of aliphatic hydroxyl groups excluding tert-OH is 1. The second-order valence-corrected chi connectivity index (χ2v) is 6.29. The predicted molar refractivity (Wildman–Crippen MR) is 73.1 cm³/mol. The summed E-state index contributed by atoms with van der Waals surface area (Å²) in [6.07, 6.45) is 11.1. The van der Waals surface area contributed by atoms with Gasteiger partial charge < -0.3 is 15.4 Å². The number of hydrogen-bond acceptors (Lipinski definition) is 2. The van der Waals surface area contributed by atoms with Crippen LogP contribution in [-0.4, -0.2) is 23.8 Å². The predicted octanol–water partition coefficient (Wildman–Crippen LogP) is 1.67. The van der Waals surface area contributed by atoms with Crippen molar-refractivity contribution in [1.29, 1.82) is 0 Å². The molecule has 3 heteroatoms. The maximum Gasteiger partial charge on any atom is 0.143 e. The average molecular weight is 253 g/mol. The van der Waals surface area contributed by atoms with Crippen LogP contribution in [0.1, 0.15) is 52.4 Å². The van der Waals surface area contributed by atoms with Gasteiger partial charge in [0.1, 0.15) is 12.1 Å². The summed E-state index contributed by atoms with van der Waals surface area (Å²) in [6, 6.07) is 0.717. The van der Waals surface area contributed by atoms with Crippen molar-refractivity contribution in [3.8, 4) is 0 Å². The summed E-state index contributed by atoms with van der Waals surface area (Å²) in [7, 11) is 0. The Balaban J connectivity index is 1.74. The second-order valence-electron chi connectivity index (χ2n) is 6.29. The van der Waals surface area contributed by atoms with Gasteiger partial charge in [-0.15, -0.1) is 0 Å². The van der Waals surface area contributed by atoms with Crippen LogP contribution < -0.4 is 5.06 Å². The highest BCUT2D eigenvalue weighted by atomic mass is 16.5. The van der Waals surface area contributed by atoms with Crippen LogP contribution in [0.2, 0.25) is 0 Å². The first-order chi connectivity index (χ1) is 8.63. The molecule has 0 bridgehead atoms. The highest BCUT2D eigenvalue weighted by molar-refractivity contribution is 5.09. The molecular formula is C15H27NO2. The van der Waals surface area contributed by atoms with Crippen LogP contribution in [0.25, 0.3) is 0 Å². The zero-order valence-corrected chi connectivity index (χ0v) is 11.7. The van der Waals surface area contributed by atoms with E-state index in [4.69, 9.17) is 5.11 Å². The summed E-state index contributed by atoms with van der Waals surface area (Å²) in [5.41, 5.74) is 0.337. The van der Waals surface area contributed by atoms with Crippen LogP contribution in [0.3, 0.4) is 0 Å². The van der Waals surface area contributed by atoms with Gasteiger partial charge in [-0.2, -0.15) is 0 Å². The van der Waals surface area contributed by atoms with E-state index in [-0.39, 0.29) is 6.61 Å². The first-order valence-corrected chi connectivity index (χ1v) is 7.46. The van der Waals surface area contributed by atoms with Crippen molar-refractivity contribution in [3.05, 3.63) is 17.4 Å². The number of rotatable bonds is 8. The van der Waals surface area contributed by atoms with E-state index in [1.54, 1.807) is 0 Å². The number of allylic oxidation sites excluding steroid dienone is 1. The molecule has 3 nitrogen and oxygen atoms in total. The van der Waals surface area contributed by atoms with Gasteiger partial charge in [0, 0.05) is 12.3 Å². The normalized spacial score (nSPS) is 34.8. The summed E-state index contributed by atoms with van der Waals surface area (Å²) in [5, 5.41) is 21.2. The third kappa shape index (κ3) is 3.14. The molecule has 1 saturated heterocycles. The molecule has 18 heavy (non-hydrogen) atoms. The summed E-state index contributed by atoms with van der Waals surface area (Å²) in [4.78, 5) is 0. The topological polar surface area (TPSA) is 47.7 Å². The van der Waals surface area contributed by atoms with E-state index >= 15 is 0 Å². The van der Waals surface area contributed by atoms with Gasteiger partial charge in [0.05, 0.1) is 6.61 Å². The Labute approximate surface area is 110 Å². The third-order valence-corrected chi connectivity index (χ3v) is 4.80. The molecule has 0 radical (unpaired) electrons. The van der Waals surface area contributed by atoms with E-state index in [2.05, 4.69) is 19.9 Å². The Morgan fingerprint density at radius 2 is 2.22 bits per heavy atom. The molecule has 1 aliphatic carbocycles. The van der Waals surface area contributed by atoms with Crippen molar-refractivity contribution in [2.24, 2.45) is 11.3 Å². The molecule has 2 fully saturated rings. The number of nitrogens with one attached hydrogen (secondary N) is 1. The molecule has 0 spiro atoms. The summed E-state index contributed by atoms with van der Waals surface area (Å²) in [6.45, 7) is 4.56. The Hall–Kier alpha value is -0.380. The Bertz CT molecular complexity index is 299. The van der Waals surface area contributed by atoms with E-state index < -0.39 is 0 Å². The lowest BCUT2D eigenvalue weighted by molar-refractivity contribution is -0.732. The maximum absolute atomic E-state index is 11.8. The maximum atomic E-state index is 11.8. The molecule has 104 valence electrons. The fourth-order valence-corrected chi connectivity index (χ4v) is 3.35. The lowest BCUT2D eigenvalue weighted by atomic mass is 9.94. The molecular weight excluding hydrogens is 226 g/mol. The summed E-state index contributed by atoms with van der Waals surface area (Å²) in [5.74, 6) is 0.579. The van der Waals surface area contributed by atoms with Crippen LogP contribution in [0, 0.1) is 16.5 Å². The summed E-state index contributed by atoms with van der Waals surface area (Å²) < 4.78 is 0. The molecule has 0 aromatic rings. The van der Waals surface area contributed by atoms with Gasteiger partial charge in [0.25, 0.3) is 0 Å². The SMILES string of the molecule is CCC[C@@H](C)C1C(CCC2(/C=C/CO)CC2)[NH+]1[O-]. The van der Waals surface area contributed by atoms with Crippen molar-refractivity contribution in [3.63, 3.8) is 0 Å². The van der Waals surface area contributed by atoms with Crippen molar-refractivity contribution >= 4 is 0 Å². The van der Waals surface area contributed by atoms with Crippen LogP contribution in [0.5, 0.6) is 0 Å². The standard InChI is InChI=1S/C15H27NO2/c1-3-5-12(2)14-13(16(14)18)6-8-15(9-10-15)7-4-11-17/h4,7,12-14,16-17H,3,5-6,8-11H2,1-2H3/b7-4+/t12-,13?,14?/m1/s1. The number of quaternary nitrogens is 1. The van der Waals surface area contributed by atoms with Crippen LogP contribution >= 0.6 is 0 Å². The van der Waals surface area contributed by atoms with Gasteiger partial charge >= 0.3 is 0 Å². The second kappa shape index (κ2) is 5.72. The molecule has 1 heterocycles. The number of hydroxylamine groups is 2. The van der Waals surface area contributed by atoms with Gasteiger partial charge in [-0.05, 0) is 31.1 Å². The molecule has 3 unspecified atom stereocenters. The minimum absolute atomic E-state index is 0.139. The molecule has 0 amide bonds. The molecule has 2 rings (SSSR count). The van der Waals surface area contributed by atoms with E-state index in [0.717, 1.165) is 12.8 Å². The zero-order chi connectivity index (χ0) is 13.2. The van der Waals surface area contributed by atoms with Crippen LogP contribution in [0.4, 0.5) is 0 Å². The quantitative estimate of drug-likeness (QED) is 0.393. The Morgan fingerprint density at radius 3 is 2.78 bits per heavy atom. The monoisotopic (exact) mass is 253 g/mol. The minimum Gasteiger partial charge on any atom is -0.634 e. The highest BCUT2D eigenvalue weighted by Crippen LogP contribution is 2.51. The molecule has 0 aromatic carbocycles. The molecule has 1 aliphatic heterocycles. The van der Waals surface area contributed by atoms with Gasteiger partial charge in [-0.1, -0.05) is 32.4 Å². The van der Waals surface area contributed by atoms with Gasteiger partial charge in [0.2, 0.25) is 0 Å². The zero-order valence-electron chi connectivity index (χ0n) is 11.7. The highest BCUT2D eigenvalue weighted by Gasteiger charge is 2.52. The van der Waals surface area contributed by atoms with E-state index in [0.29, 0.717) is 28.5 Å². The molecule has 2 aliphatic rings. The minimum atomic E-state index is 0.139. The molecule has 4 atom stereocenters. The molecule has 0 aromatic heterocycles. The van der Waals surface area contributed by atoms with E-state index in [9.17, 15) is 5.21 Å². The van der Waals surface area contributed by atoms with Crippen LogP contribution in [-0.2, 0) is 0 Å². The fraction of sp³-hybridized carbons (Fsp3) is 0.867. The van der Waals surface area contributed by atoms with Crippen molar-refractivity contribution < 1.29 is 10.2 Å². The summed E-state index contributed by atoms with van der Waals surface area (Å²) >= 11 is 0. The first-order valence-electron chi connectivity index (χ1n) is 7.46. The molecule has 1 saturated carbocycles. The van der Waals surface area contributed by atoms with Crippen molar-refractivity contribution in [1.82, 2.24) is 0 Å². The Kier molecular flexibility index (Phi) is 4.46. The first kappa shape index (κ1) is 14.0. The average Bonchev–Trinajstić information content (AvgIpc) is 3.23. The van der Waals surface area contributed by atoms with Crippen molar-refractivity contribution in [2.75, 3.05) is 6.61 Å². The number of hydrogen-bond donors (Lipinski definition) is 2. The Morgan fingerprint density at radius 1 is 1.50 bits per heavy atom. The van der Waals surface area contributed by atoms with E-state index in [1.165, 1.54) is 25.7 Å². The lowest BCUT2D eigenvalue weighted by Gasteiger charge is -2.08. The smallest absolute Gasteiger partial charge is 0.143 e. The third-order valence-electron chi connectivity index (χ3n) is 4.80. The molecule has 2 N–H and O–H groups in total.